The van der Waals surface area contributed by atoms with Crippen molar-refractivity contribution in [2.24, 2.45) is 13.0 Å². The van der Waals surface area contributed by atoms with Crippen molar-refractivity contribution in [3.63, 3.8) is 0 Å². The third-order valence-electron chi connectivity index (χ3n) is 7.63. The summed E-state index contributed by atoms with van der Waals surface area (Å²) in [4.78, 5) is 9.24. The molecule has 0 amide bonds. The van der Waals surface area contributed by atoms with E-state index in [0.29, 0.717) is 35.2 Å². The van der Waals surface area contributed by atoms with Crippen molar-refractivity contribution in [2.75, 3.05) is 26.6 Å². The highest BCUT2D eigenvalue weighted by molar-refractivity contribution is 7.91. The zero-order chi connectivity index (χ0) is 28.2. The van der Waals surface area contributed by atoms with Crippen molar-refractivity contribution >= 4 is 31.8 Å². The maximum atomic E-state index is 14.7. The number of nitrogens with zero attached hydrogens (tertiary/aromatic N) is 6. The van der Waals surface area contributed by atoms with E-state index in [1.165, 1.54) is 25.4 Å². The summed E-state index contributed by atoms with van der Waals surface area (Å²) in [6, 6.07) is 8.02. The fraction of sp³-hybridized carbons (Fsp3) is 0.357. The second-order valence-corrected chi connectivity index (χ2v) is 12.2. The number of fused-ring (bicyclic) bond motifs is 3. The first-order valence-corrected chi connectivity index (χ1v) is 14.8. The van der Waals surface area contributed by atoms with Crippen LogP contribution < -0.4 is 4.74 Å². The molecule has 0 bridgehead atoms. The molecule has 12 heteroatoms. The summed E-state index contributed by atoms with van der Waals surface area (Å²) < 4.78 is 56.1. The molecule has 4 aromatic heterocycles. The zero-order valence-corrected chi connectivity index (χ0v) is 23.4. The van der Waals surface area contributed by atoms with Crippen molar-refractivity contribution in [1.82, 2.24) is 29.5 Å². The van der Waals surface area contributed by atoms with Crippen molar-refractivity contribution < 1.29 is 22.3 Å². The molecule has 1 aliphatic heterocycles. The molecule has 1 aliphatic rings. The van der Waals surface area contributed by atoms with Gasteiger partial charge in [0, 0.05) is 38.3 Å². The van der Waals surface area contributed by atoms with Crippen molar-refractivity contribution in [1.29, 1.82) is 0 Å². The highest BCUT2D eigenvalue weighted by Crippen LogP contribution is 2.45. The number of pyridine rings is 2. The average Bonchev–Trinajstić information content (AvgIpc) is 3.44. The standard InChI is InChI=1S/C28H29FN6O4S/c1-16-25(34(2)33-32-16)19-13-21-24(30-14-19)23-27(22(40(4,36)37)15-31-28(23)38-3)35(21)26(17-8-10-39-11-9-17)18-6-5-7-20(29)12-18/h5-7,12-15,17,26H,8-11H2,1-4H3. The van der Waals surface area contributed by atoms with Gasteiger partial charge >= 0.3 is 0 Å². The van der Waals surface area contributed by atoms with Crippen LogP contribution in [0.3, 0.4) is 0 Å². The molecule has 1 saturated heterocycles. The summed E-state index contributed by atoms with van der Waals surface area (Å²) in [6.45, 7) is 2.98. The lowest BCUT2D eigenvalue weighted by Crippen LogP contribution is -2.27. The minimum atomic E-state index is -3.74. The Labute approximate surface area is 230 Å². The molecule has 1 fully saturated rings. The zero-order valence-electron chi connectivity index (χ0n) is 22.6. The quantitative estimate of drug-likeness (QED) is 0.301. The van der Waals surface area contributed by atoms with Gasteiger partial charge in [-0.15, -0.1) is 5.10 Å². The molecule has 0 spiro atoms. The van der Waals surface area contributed by atoms with Gasteiger partial charge in [-0.1, -0.05) is 17.3 Å². The van der Waals surface area contributed by atoms with Crippen molar-refractivity contribution in [3.8, 4) is 17.1 Å². The molecule has 1 atom stereocenters. The van der Waals surface area contributed by atoms with Crippen LogP contribution in [0.2, 0.25) is 0 Å². The third-order valence-corrected chi connectivity index (χ3v) is 8.73. The van der Waals surface area contributed by atoms with E-state index in [1.807, 2.05) is 23.6 Å². The second-order valence-electron chi connectivity index (χ2n) is 10.2. The van der Waals surface area contributed by atoms with Gasteiger partial charge in [-0.25, -0.2) is 22.5 Å². The molecule has 0 radical (unpaired) electrons. The second kappa shape index (κ2) is 9.93. The number of halogens is 1. The summed E-state index contributed by atoms with van der Waals surface area (Å²) >= 11 is 0. The Bertz CT molecular complexity index is 1840. The Morgan fingerprint density at radius 2 is 1.93 bits per heavy atom. The Kier molecular flexibility index (Phi) is 6.54. The van der Waals surface area contributed by atoms with Crippen molar-refractivity contribution in [3.05, 3.63) is 59.8 Å². The van der Waals surface area contributed by atoms with E-state index in [4.69, 9.17) is 14.5 Å². The maximum absolute atomic E-state index is 14.7. The number of hydrogen-bond donors (Lipinski definition) is 0. The summed E-state index contributed by atoms with van der Waals surface area (Å²) in [6.07, 6.45) is 5.64. The van der Waals surface area contributed by atoms with Crippen LogP contribution in [0.15, 0.2) is 47.6 Å². The van der Waals surface area contributed by atoms with Gasteiger partial charge in [-0.05, 0) is 49.4 Å². The predicted molar refractivity (Wildman–Crippen MR) is 148 cm³/mol. The number of aryl methyl sites for hydroxylation is 2. The number of benzene rings is 1. The molecular weight excluding hydrogens is 535 g/mol. The highest BCUT2D eigenvalue weighted by Gasteiger charge is 2.34. The number of rotatable bonds is 6. The number of sulfone groups is 1. The van der Waals surface area contributed by atoms with E-state index in [9.17, 15) is 12.8 Å². The first-order chi connectivity index (χ1) is 19.2. The van der Waals surface area contributed by atoms with Crippen LogP contribution in [0.4, 0.5) is 4.39 Å². The minimum absolute atomic E-state index is 0.0321. The summed E-state index contributed by atoms with van der Waals surface area (Å²) in [5.74, 6) is -0.0762. The van der Waals surface area contributed by atoms with Gasteiger partial charge < -0.3 is 14.0 Å². The molecule has 0 aliphatic carbocycles. The highest BCUT2D eigenvalue weighted by atomic mass is 32.2. The van der Waals surface area contributed by atoms with Gasteiger partial charge in [0.25, 0.3) is 0 Å². The normalized spacial score (nSPS) is 15.6. The van der Waals surface area contributed by atoms with Crippen LogP contribution in [0.1, 0.15) is 30.1 Å². The minimum Gasteiger partial charge on any atom is -0.480 e. The van der Waals surface area contributed by atoms with Crippen LogP contribution in [0, 0.1) is 18.7 Å². The Morgan fingerprint density at radius 1 is 1.15 bits per heavy atom. The largest absolute Gasteiger partial charge is 0.480 e. The SMILES string of the molecule is COc1ncc(S(C)(=O)=O)c2c1c1ncc(-c3c(C)nnn3C)cc1n2C(c1cccc(F)c1)C1CCOCC1. The summed E-state index contributed by atoms with van der Waals surface area (Å²) in [5, 5.41) is 8.82. The van der Waals surface area contributed by atoms with Crippen LogP contribution in [-0.2, 0) is 21.6 Å². The smallest absolute Gasteiger partial charge is 0.224 e. The van der Waals surface area contributed by atoms with E-state index in [2.05, 4.69) is 15.3 Å². The number of ether oxygens (including phenoxy) is 2. The summed E-state index contributed by atoms with van der Waals surface area (Å²) in [7, 11) is -0.436. The van der Waals surface area contributed by atoms with Gasteiger partial charge in [0.1, 0.15) is 16.2 Å². The van der Waals surface area contributed by atoms with E-state index in [1.54, 1.807) is 24.0 Å². The molecule has 1 aromatic carbocycles. The molecule has 6 rings (SSSR count). The number of aromatic nitrogens is 6. The fourth-order valence-corrected chi connectivity index (χ4v) is 6.72. The topological polar surface area (TPSA) is 114 Å². The molecule has 5 heterocycles. The molecule has 10 nitrogen and oxygen atoms in total. The van der Waals surface area contributed by atoms with Gasteiger partial charge in [0.05, 0.1) is 47.2 Å². The van der Waals surface area contributed by atoms with Crippen LogP contribution in [-0.4, -0.2) is 64.5 Å². The van der Waals surface area contributed by atoms with Gasteiger partial charge in [-0.2, -0.15) is 0 Å². The molecule has 0 saturated carbocycles. The molecule has 5 aromatic rings. The van der Waals surface area contributed by atoms with Crippen LogP contribution in [0.5, 0.6) is 5.88 Å². The third kappa shape index (κ3) is 4.31. The average molecular weight is 565 g/mol. The molecular formula is C28H29FN6O4S. The van der Waals surface area contributed by atoms with Crippen LogP contribution in [0.25, 0.3) is 33.2 Å². The summed E-state index contributed by atoms with van der Waals surface area (Å²) in [5.41, 5.74) is 4.64. The Morgan fingerprint density at radius 3 is 2.58 bits per heavy atom. The predicted octanol–water partition coefficient (Wildman–Crippen LogP) is 4.26. The maximum Gasteiger partial charge on any atom is 0.224 e. The van der Waals surface area contributed by atoms with E-state index in [0.717, 1.165) is 41.6 Å². The lowest BCUT2D eigenvalue weighted by atomic mass is 9.86. The first kappa shape index (κ1) is 26.3. The first-order valence-electron chi connectivity index (χ1n) is 13.0. The number of methoxy groups -OCH3 is 1. The molecule has 40 heavy (non-hydrogen) atoms. The molecule has 1 unspecified atom stereocenters. The molecule has 208 valence electrons. The van der Waals surface area contributed by atoms with E-state index >= 15 is 0 Å². The Hall–Kier alpha value is -3.90. The van der Waals surface area contributed by atoms with Crippen molar-refractivity contribution in [2.45, 2.75) is 30.7 Å². The lowest BCUT2D eigenvalue weighted by molar-refractivity contribution is 0.0552. The van der Waals surface area contributed by atoms with Gasteiger partial charge in [-0.3, -0.25) is 4.98 Å². The van der Waals surface area contributed by atoms with E-state index in [-0.39, 0.29) is 22.5 Å². The van der Waals surface area contributed by atoms with Gasteiger partial charge in [0.15, 0.2) is 9.84 Å². The van der Waals surface area contributed by atoms with Crippen LogP contribution >= 0.6 is 0 Å². The monoisotopic (exact) mass is 564 g/mol. The Balaban J connectivity index is 1.80. The van der Waals surface area contributed by atoms with E-state index < -0.39 is 15.9 Å². The molecule has 0 N–H and O–H groups in total. The fourth-order valence-electron chi connectivity index (χ4n) is 5.92. The van der Waals surface area contributed by atoms with Gasteiger partial charge in [0.2, 0.25) is 5.88 Å². The number of hydrogen-bond acceptors (Lipinski definition) is 8. The lowest BCUT2D eigenvalue weighted by Gasteiger charge is -2.33.